The van der Waals surface area contributed by atoms with Crippen molar-refractivity contribution in [1.29, 1.82) is 0 Å². The van der Waals surface area contributed by atoms with Crippen molar-refractivity contribution in [3.05, 3.63) is 53.5 Å². The minimum Gasteiger partial charge on any atom is -0.0933 e. The third-order valence-electron chi connectivity index (χ3n) is 3.35. The Balaban J connectivity index is 2.59. The van der Waals surface area contributed by atoms with Crippen LogP contribution in [-0.2, 0) is 0 Å². The van der Waals surface area contributed by atoms with Crippen LogP contribution in [0.15, 0.2) is 48.0 Å². The molecule has 0 aliphatic rings. The van der Waals surface area contributed by atoms with Crippen molar-refractivity contribution >= 4 is 13.4 Å². The molecule has 0 saturated carbocycles. The van der Waals surface area contributed by atoms with Gasteiger partial charge in [0.2, 0.25) is 0 Å². The molecule has 0 aliphatic heterocycles. The van der Waals surface area contributed by atoms with Crippen LogP contribution >= 0.6 is 0 Å². The van der Waals surface area contributed by atoms with Gasteiger partial charge in [-0.25, -0.2) is 0 Å². The van der Waals surface area contributed by atoms with Crippen LogP contribution in [0.2, 0.25) is 0 Å². The fourth-order valence-electron chi connectivity index (χ4n) is 2.21. The summed E-state index contributed by atoms with van der Waals surface area (Å²) in [5.74, 6) is 0. The normalized spacial score (nSPS) is 12.7. The van der Waals surface area contributed by atoms with Gasteiger partial charge in [-0.05, 0) is 30.4 Å². The molecule has 0 N–H and O–H groups in total. The van der Waals surface area contributed by atoms with E-state index in [2.05, 4.69) is 50.3 Å². The molecule has 0 amide bonds. The molecule has 0 saturated heterocycles. The summed E-state index contributed by atoms with van der Waals surface area (Å²) >= 11 is 0. The maximum atomic E-state index is 6.19. The summed E-state index contributed by atoms with van der Waals surface area (Å²) in [6.07, 6.45) is 11.6. The minimum absolute atomic E-state index is 0.907. The van der Waals surface area contributed by atoms with Gasteiger partial charge in [0, 0.05) is 0 Å². The summed E-state index contributed by atoms with van der Waals surface area (Å²) < 4.78 is 0. The number of benzene rings is 1. The second-order valence-corrected chi connectivity index (χ2v) is 4.91. The molecule has 1 aromatic carbocycles. The van der Waals surface area contributed by atoms with Crippen molar-refractivity contribution in [3.63, 3.8) is 0 Å². The molecule has 0 spiro atoms. The highest BCUT2D eigenvalue weighted by Crippen LogP contribution is 2.21. The molecule has 0 atom stereocenters. The third-order valence-corrected chi connectivity index (χ3v) is 3.35. The van der Waals surface area contributed by atoms with Crippen LogP contribution in [0.5, 0.6) is 0 Å². The average molecular weight is 252 g/mol. The van der Waals surface area contributed by atoms with Crippen LogP contribution in [-0.4, -0.2) is 7.85 Å². The predicted octanol–water partition coefficient (Wildman–Crippen LogP) is 5.50. The van der Waals surface area contributed by atoms with E-state index in [0.717, 1.165) is 18.3 Å². The summed E-state index contributed by atoms with van der Waals surface area (Å²) in [5.41, 5.74) is 3.38. The van der Waals surface area contributed by atoms with Crippen LogP contribution < -0.4 is 0 Å². The zero-order valence-corrected chi connectivity index (χ0v) is 12.4. The summed E-state index contributed by atoms with van der Waals surface area (Å²) in [5, 5.41) is 0. The highest BCUT2D eigenvalue weighted by Gasteiger charge is 2.00. The Labute approximate surface area is 120 Å². The van der Waals surface area contributed by atoms with E-state index in [0.29, 0.717) is 0 Å². The molecule has 0 bridgehead atoms. The number of rotatable bonds is 8. The first-order valence-electron chi connectivity index (χ1n) is 7.50. The molecule has 0 aliphatic carbocycles. The highest BCUT2D eigenvalue weighted by molar-refractivity contribution is 6.27. The van der Waals surface area contributed by atoms with Gasteiger partial charge in [0.15, 0.2) is 0 Å². The summed E-state index contributed by atoms with van der Waals surface area (Å²) in [7, 11) is 6.19. The first-order chi connectivity index (χ1) is 9.29. The van der Waals surface area contributed by atoms with E-state index < -0.39 is 0 Å². The maximum Gasteiger partial charge on any atom is 0.114 e. The molecule has 19 heavy (non-hydrogen) atoms. The van der Waals surface area contributed by atoms with Gasteiger partial charge in [-0.1, -0.05) is 81.1 Å². The van der Waals surface area contributed by atoms with Gasteiger partial charge >= 0.3 is 0 Å². The van der Waals surface area contributed by atoms with Gasteiger partial charge in [0.25, 0.3) is 0 Å². The predicted molar refractivity (Wildman–Crippen MR) is 87.3 cm³/mol. The highest BCUT2D eigenvalue weighted by atomic mass is 14.0. The van der Waals surface area contributed by atoms with E-state index in [-0.39, 0.29) is 0 Å². The van der Waals surface area contributed by atoms with Gasteiger partial charge in [-0.3, -0.25) is 0 Å². The van der Waals surface area contributed by atoms with Gasteiger partial charge < -0.3 is 0 Å². The molecule has 1 rings (SSSR count). The van der Waals surface area contributed by atoms with E-state index in [1.54, 1.807) is 0 Å². The monoisotopic (exact) mass is 252 g/mol. The lowest BCUT2D eigenvalue weighted by Gasteiger charge is -2.08. The average Bonchev–Trinajstić information content (AvgIpc) is 2.45. The van der Waals surface area contributed by atoms with Crippen molar-refractivity contribution in [1.82, 2.24) is 0 Å². The number of allylic oxidation sites excluding steroid dienone is 4. The standard InChI is InChI=1S/C18H25B/c1-3-5-6-7-8-12-15-18(19)17(4-2)16-13-10-9-11-14-16/h9-15H,3-8H2,1-2H3/b15-12+,18-17-. The first-order valence-corrected chi connectivity index (χ1v) is 7.50. The van der Waals surface area contributed by atoms with E-state index >= 15 is 0 Å². The molecule has 1 aromatic rings. The fourth-order valence-corrected chi connectivity index (χ4v) is 2.21. The quantitative estimate of drug-likeness (QED) is 0.325. The van der Waals surface area contributed by atoms with Gasteiger partial charge in [0.05, 0.1) is 0 Å². The van der Waals surface area contributed by atoms with Crippen LogP contribution in [0, 0.1) is 0 Å². The second kappa shape index (κ2) is 9.66. The third kappa shape index (κ3) is 5.96. The molecule has 1 heteroatoms. The Hall–Kier alpha value is -1.24. The van der Waals surface area contributed by atoms with Crippen molar-refractivity contribution in [2.45, 2.75) is 52.4 Å². The zero-order chi connectivity index (χ0) is 13.9. The Morgan fingerprint density at radius 2 is 1.79 bits per heavy atom. The van der Waals surface area contributed by atoms with E-state index in [1.165, 1.54) is 36.8 Å². The minimum atomic E-state index is 0.907. The number of hydrogen-bond acceptors (Lipinski definition) is 0. The van der Waals surface area contributed by atoms with Crippen LogP contribution in [0.4, 0.5) is 0 Å². The lowest BCUT2D eigenvalue weighted by Crippen LogP contribution is -1.89. The van der Waals surface area contributed by atoms with Gasteiger partial charge in [-0.15, -0.1) is 0 Å². The second-order valence-electron chi connectivity index (χ2n) is 4.91. The molecule has 0 heterocycles. The molecule has 0 nitrogen and oxygen atoms in total. The zero-order valence-electron chi connectivity index (χ0n) is 12.4. The lowest BCUT2D eigenvalue weighted by molar-refractivity contribution is 0.674. The Kier molecular flexibility index (Phi) is 8.05. The van der Waals surface area contributed by atoms with Crippen LogP contribution in [0.3, 0.4) is 0 Å². The molecule has 100 valence electrons. The molecule has 2 radical (unpaired) electrons. The van der Waals surface area contributed by atoms with Crippen molar-refractivity contribution in [3.8, 4) is 0 Å². The van der Waals surface area contributed by atoms with Gasteiger partial charge in [0.1, 0.15) is 7.85 Å². The first kappa shape index (κ1) is 15.8. The molecular formula is C18H25B. The lowest BCUT2D eigenvalue weighted by atomic mass is 9.85. The number of hydrogen-bond donors (Lipinski definition) is 0. The van der Waals surface area contributed by atoms with Gasteiger partial charge in [-0.2, -0.15) is 0 Å². The smallest absolute Gasteiger partial charge is 0.0933 e. The van der Waals surface area contributed by atoms with E-state index in [9.17, 15) is 0 Å². The number of unbranched alkanes of at least 4 members (excludes halogenated alkanes) is 4. The topological polar surface area (TPSA) is 0 Å². The van der Waals surface area contributed by atoms with Crippen molar-refractivity contribution in [2.75, 3.05) is 0 Å². The summed E-state index contributed by atoms with van der Waals surface area (Å²) in [6.45, 7) is 4.40. The summed E-state index contributed by atoms with van der Waals surface area (Å²) in [4.78, 5) is 0. The molecule has 0 unspecified atom stereocenters. The maximum absolute atomic E-state index is 6.19. The Bertz CT molecular complexity index is 401. The molecule has 0 aromatic heterocycles. The summed E-state index contributed by atoms with van der Waals surface area (Å²) in [6, 6.07) is 10.4. The fraction of sp³-hybridized carbons (Fsp3) is 0.444. The Morgan fingerprint density at radius 3 is 2.42 bits per heavy atom. The SMILES string of the molecule is [B]C(/C=C/CCCCCC)=C(/CC)c1ccccc1. The van der Waals surface area contributed by atoms with E-state index in [1.807, 2.05) is 6.07 Å². The van der Waals surface area contributed by atoms with E-state index in [4.69, 9.17) is 7.85 Å². The molecular weight excluding hydrogens is 227 g/mol. The van der Waals surface area contributed by atoms with Crippen LogP contribution in [0.1, 0.15) is 57.9 Å². The largest absolute Gasteiger partial charge is 0.114 e. The van der Waals surface area contributed by atoms with Crippen LogP contribution in [0.25, 0.3) is 5.57 Å². The van der Waals surface area contributed by atoms with Crippen molar-refractivity contribution < 1.29 is 0 Å². The molecule has 0 fully saturated rings. The Morgan fingerprint density at radius 1 is 1.05 bits per heavy atom. The van der Waals surface area contributed by atoms with Crippen molar-refractivity contribution in [2.24, 2.45) is 0 Å².